The Hall–Kier alpha value is -2.69. The van der Waals surface area contributed by atoms with Crippen molar-refractivity contribution >= 4 is 45.3 Å². The van der Waals surface area contributed by atoms with Gasteiger partial charge in [-0.3, -0.25) is 0 Å². The van der Waals surface area contributed by atoms with Gasteiger partial charge in [0.25, 0.3) is 0 Å². The molecule has 274 valence electrons. The number of ether oxygens (including phenoxy) is 3. The summed E-state index contributed by atoms with van der Waals surface area (Å²) in [6.07, 6.45) is 2.42. The van der Waals surface area contributed by atoms with Crippen molar-refractivity contribution in [1.29, 1.82) is 0 Å². The van der Waals surface area contributed by atoms with Crippen LogP contribution in [0.2, 0.25) is 10.0 Å². The highest BCUT2D eigenvalue weighted by atomic mass is 35.5. The summed E-state index contributed by atoms with van der Waals surface area (Å²) in [5.41, 5.74) is 3.09. The lowest BCUT2D eigenvalue weighted by atomic mass is 9.85. The Morgan fingerprint density at radius 2 is 1.35 bits per heavy atom. The van der Waals surface area contributed by atoms with E-state index in [1.807, 2.05) is 32.2 Å². The van der Waals surface area contributed by atoms with Crippen molar-refractivity contribution in [2.75, 3.05) is 86.0 Å². The zero-order chi connectivity index (χ0) is 35.5. The monoisotopic (exact) mass is 744 g/mol. The molecule has 1 aliphatic rings. The number of likely N-dealkylation sites (N-methyl/N-ethyl adjacent to an activating group) is 1. The third kappa shape index (κ3) is 15.0. The smallest absolute Gasteiger partial charge is 0.314 e. The minimum Gasteiger partial charge on any atom is -0.378 e. The molecule has 2 aromatic carbocycles. The lowest BCUT2D eigenvalue weighted by molar-refractivity contribution is 0.0165. The molecule has 13 nitrogen and oxygen atoms in total. The van der Waals surface area contributed by atoms with E-state index in [0.29, 0.717) is 69.3 Å². The van der Waals surface area contributed by atoms with Crippen LogP contribution in [0.4, 0.5) is 9.59 Å². The van der Waals surface area contributed by atoms with Crippen LogP contribution in [0, 0.1) is 0 Å². The molecular weight excluding hydrogens is 695 g/mol. The molecule has 0 bridgehead atoms. The van der Waals surface area contributed by atoms with Crippen LogP contribution in [0.3, 0.4) is 0 Å². The fraction of sp³-hybridized carbons (Fsp3) is 0.576. The number of unbranched alkanes of at least 4 members (excludes halogenated alkanes) is 1. The number of sulfonamides is 1. The minimum absolute atomic E-state index is 0.0233. The predicted molar refractivity (Wildman–Crippen MR) is 191 cm³/mol. The maximum Gasteiger partial charge on any atom is 0.314 e. The summed E-state index contributed by atoms with van der Waals surface area (Å²) in [5, 5.41) is 12.2. The number of fused-ring (bicyclic) bond motifs is 1. The third-order valence-corrected chi connectivity index (χ3v) is 9.64. The summed E-state index contributed by atoms with van der Waals surface area (Å²) in [5.74, 6) is 0.0233. The number of nitrogens with one attached hydrogen (secondary N) is 5. The molecule has 3 rings (SSSR count). The standard InChI is InChI=1S/C33H50Cl2N6O7S/c1-3-10-36-32(42)37-11-4-5-12-38-33(43)39-13-15-46-17-19-48-20-18-47-16-14-40-49(44,45)27-8-6-25(7-9-27)29-23-41(2)24-30-28(29)21-26(34)22-31(30)35/h6-9,21-22,29,40H,3-5,10-20,23-24H2,1-2H3,(H2,36,37,42)(H2,38,39,43). The van der Waals surface area contributed by atoms with Crippen molar-refractivity contribution in [3.8, 4) is 0 Å². The number of carbonyl (C=O) groups excluding carboxylic acids is 2. The Balaban J connectivity index is 1.18. The number of hydrogen-bond donors (Lipinski definition) is 5. The molecule has 1 unspecified atom stereocenters. The van der Waals surface area contributed by atoms with Crippen molar-refractivity contribution in [3.63, 3.8) is 0 Å². The van der Waals surface area contributed by atoms with Crippen LogP contribution in [-0.4, -0.2) is 111 Å². The molecule has 2 aromatic rings. The number of amides is 4. The van der Waals surface area contributed by atoms with Gasteiger partial charge in [-0.05, 0) is 67.3 Å². The number of rotatable bonds is 22. The molecule has 1 heterocycles. The topological polar surface area (TPSA) is 159 Å². The summed E-state index contributed by atoms with van der Waals surface area (Å²) in [7, 11) is -1.67. The van der Waals surface area contributed by atoms with Gasteiger partial charge in [0.15, 0.2) is 0 Å². The lowest BCUT2D eigenvalue weighted by Crippen LogP contribution is -2.38. The van der Waals surface area contributed by atoms with Gasteiger partial charge in [0.1, 0.15) is 0 Å². The SMILES string of the molecule is CCCNC(=O)NCCCCNC(=O)NCCOCCOCCOCCNS(=O)(=O)c1ccc(C2CN(C)Cc3c(Cl)cc(Cl)cc32)cc1. The second-order valence-electron chi connectivity index (χ2n) is 11.6. The molecule has 0 spiro atoms. The van der Waals surface area contributed by atoms with Gasteiger partial charge in [0.05, 0.1) is 44.5 Å². The van der Waals surface area contributed by atoms with Gasteiger partial charge in [-0.15, -0.1) is 0 Å². The van der Waals surface area contributed by atoms with E-state index in [1.54, 1.807) is 18.2 Å². The summed E-state index contributed by atoms with van der Waals surface area (Å²) in [6, 6.07) is 10.2. The number of benzene rings is 2. The summed E-state index contributed by atoms with van der Waals surface area (Å²) >= 11 is 12.8. The maximum absolute atomic E-state index is 12.8. The highest BCUT2D eigenvalue weighted by molar-refractivity contribution is 7.89. The normalized spacial score (nSPS) is 14.7. The second kappa shape index (κ2) is 22.2. The molecule has 1 aliphatic heterocycles. The van der Waals surface area contributed by atoms with Crippen molar-refractivity contribution < 1.29 is 32.2 Å². The first-order chi connectivity index (χ1) is 23.6. The Kier molecular flexibility index (Phi) is 18.5. The average Bonchev–Trinajstić information content (AvgIpc) is 3.07. The van der Waals surface area contributed by atoms with Crippen LogP contribution in [0.15, 0.2) is 41.3 Å². The molecule has 4 amide bonds. The lowest BCUT2D eigenvalue weighted by Gasteiger charge is -2.33. The molecule has 0 fully saturated rings. The van der Waals surface area contributed by atoms with E-state index < -0.39 is 10.0 Å². The number of carbonyl (C=O) groups is 2. The largest absolute Gasteiger partial charge is 0.378 e. The van der Waals surface area contributed by atoms with Gasteiger partial charge in [-0.25, -0.2) is 22.7 Å². The summed E-state index contributed by atoms with van der Waals surface area (Å²) < 4.78 is 44.6. The van der Waals surface area contributed by atoms with E-state index in [9.17, 15) is 18.0 Å². The summed E-state index contributed by atoms with van der Waals surface area (Å²) in [4.78, 5) is 25.6. The number of halogens is 2. The van der Waals surface area contributed by atoms with Crippen LogP contribution in [0.25, 0.3) is 0 Å². The fourth-order valence-electron chi connectivity index (χ4n) is 5.14. The molecule has 5 N–H and O–H groups in total. The van der Waals surface area contributed by atoms with Crippen LogP contribution >= 0.6 is 23.2 Å². The Bertz CT molecular complexity index is 1420. The zero-order valence-electron chi connectivity index (χ0n) is 28.3. The van der Waals surface area contributed by atoms with Crippen LogP contribution in [0.5, 0.6) is 0 Å². The molecule has 0 radical (unpaired) electrons. The maximum atomic E-state index is 12.8. The first-order valence-corrected chi connectivity index (χ1v) is 18.9. The third-order valence-electron chi connectivity index (χ3n) is 7.61. The van der Waals surface area contributed by atoms with Gasteiger partial charge < -0.3 is 40.4 Å². The molecule has 16 heteroatoms. The Morgan fingerprint density at radius 3 is 1.96 bits per heavy atom. The van der Waals surface area contributed by atoms with Crippen LogP contribution in [0.1, 0.15) is 48.8 Å². The molecule has 0 saturated heterocycles. The summed E-state index contributed by atoms with van der Waals surface area (Å²) in [6.45, 7) is 7.64. The first-order valence-electron chi connectivity index (χ1n) is 16.6. The first kappa shape index (κ1) is 40.7. The van der Waals surface area contributed by atoms with Crippen LogP contribution in [-0.2, 0) is 30.8 Å². The minimum atomic E-state index is -3.70. The van der Waals surface area contributed by atoms with Gasteiger partial charge >= 0.3 is 12.1 Å². The average molecular weight is 746 g/mol. The molecular formula is C33H50Cl2N6O7S. The van der Waals surface area contributed by atoms with E-state index >= 15 is 0 Å². The van der Waals surface area contributed by atoms with Crippen LogP contribution < -0.4 is 26.0 Å². The number of hydrogen-bond acceptors (Lipinski definition) is 8. The van der Waals surface area contributed by atoms with Gasteiger partial charge in [0.2, 0.25) is 10.0 Å². The molecule has 0 saturated carbocycles. The molecule has 49 heavy (non-hydrogen) atoms. The van der Waals surface area contributed by atoms with E-state index in [2.05, 4.69) is 30.9 Å². The zero-order valence-corrected chi connectivity index (χ0v) is 30.7. The molecule has 0 aliphatic carbocycles. The van der Waals surface area contributed by atoms with E-state index in [1.165, 1.54) is 0 Å². The van der Waals surface area contributed by atoms with Gasteiger partial charge in [0, 0.05) is 61.8 Å². The van der Waals surface area contributed by atoms with Crippen molar-refractivity contribution in [3.05, 3.63) is 63.1 Å². The molecule has 1 atom stereocenters. The molecule has 0 aromatic heterocycles. The van der Waals surface area contributed by atoms with Crippen molar-refractivity contribution in [1.82, 2.24) is 30.9 Å². The Morgan fingerprint density at radius 1 is 0.796 bits per heavy atom. The van der Waals surface area contributed by atoms with Crippen molar-refractivity contribution in [2.24, 2.45) is 0 Å². The van der Waals surface area contributed by atoms with E-state index in [-0.39, 0.29) is 36.0 Å². The van der Waals surface area contributed by atoms with E-state index in [4.69, 9.17) is 37.4 Å². The van der Waals surface area contributed by atoms with Gasteiger partial charge in [-0.1, -0.05) is 42.3 Å². The fourth-order valence-corrected chi connectivity index (χ4v) is 6.72. The van der Waals surface area contributed by atoms with Gasteiger partial charge in [-0.2, -0.15) is 0 Å². The Labute approximate surface area is 300 Å². The van der Waals surface area contributed by atoms with Crippen molar-refractivity contribution in [2.45, 2.75) is 43.5 Å². The number of urea groups is 2. The highest BCUT2D eigenvalue weighted by Crippen LogP contribution is 2.38. The van der Waals surface area contributed by atoms with E-state index in [0.717, 1.165) is 49.0 Å². The quantitative estimate of drug-likeness (QED) is 0.114. The number of nitrogens with zero attached hydrogens (tertiary/aromatic N) is 1. The second-order valence-corrected chi connectivity index (χ2v) is 14.2. The predicted octanol–water partition coefficient (Wildman–Crippen LogP) is 3.69. The highest BCUT2D eigenvalue weighted by Gasteiger charge is 2.27.